The van der Waals surface area contributed by atoms with Crippen LogP contribution in [0.5, 0.6) is 0 Å². The fourth-order valence-electron chi connectivity index (χ4n) is 7.85. The fourth-order valence-corrected chi connectivity index (χ4v) is 7.85. The molecule has 7 atom stereocenters. The van der Waals surface area contributed by atoms with E-state index in [2.05, 4.69) is 6.92 Å². The van der Waals surface area contributed by atoms with Gasteiger partial charge in [0.1, 0.15) is 0 Å². The Balaban J connectivity index is 1.70. The van der Waals surface area contributed by atoms with E-state index in [1.807, 2.05) is 19.9 Å². The number of ether oxygens (including phenoxy) is 2. The maximum atomic E-state index is 13.6. The van der Waals surface area contributed by atoms with Crippen molar-refractivity contribution in [3.63, 3.8) is 0 Å². The Morgan fingerprint density at radius 2 is 1.94 bits per heavy atom. The molecule has 192 valence electrons. The van der Waals surface area contributed by atoms with Gasteiger partial charge in [0.05, 0.1) is 6.10 Å². The van der Waals surface area contributed by atoms with Crippen LogP contribution in [0.2, 0.25) is 0 Å². The Morgan fingerprint density at radius 1 is 1.20 bits per heavy atom. The van der Waals surface area contributed by atoms with Crippen LogP contribution in [0.1, 0.15) is 79.1 Å². The molecule has 0 unspecified atom stereocenters. The molecule has 0 aliphatic heterocycles. The van der Waals surface area contributed by atoms with E-state index in [-0.39, 0.29) is 30.0 Å². The number of aliphatic hydroxyl groups is 1. The van der Waals surface area contributed by atoms with Gasteiger partial charge in [0.15, 0.2) is 18.0 Å². The predicted octanol–water partition coefficient (Wildman–Crippen LogP) is 3.87. The summed E-state index contributed by atoms with van der Waals surface area (Å²) < 4.78 is 11.1. The number of hydrogen-bond acceptors (Lipinski definition) is 7. The number of allylic oxidation sites excluding steroid dienone is 4. The van der Waals surface area contributed by atoms with E-state index in [1.54, 1.807) is 12.2 Å². The van der Waals surface area contributed by atoms with Crippen molar-refractivity contribution in [2.45, 2.75) is 90.8 Å². The molecule has 4 rings (SSSR count). The van der Waals surface area contributed by atoms with Gasteiger partial charge in [0.2, 0.25) is 5.78 Å². The lowest BCUT2D eigenvalue weighted by molar-refractivity contribution is -0.201. The van der Waals surface area contributed by atoms with Crippen molar-refractivity contribution in [1.29, 1.82) is 0 Å². The Morgan fingerprint density at radius 3 is 2.63 bits per heavy atom. The van der Waals surface area contributed by atoms with Gasteiger partial charge in [-0.1, -0.05) is 38.8 Å². The van der Waals surface area contributed by atoms with Crippen molar-refractivity contribution in [2.24, 2.45) is 28.6 Å². The highest BCUT2D eigenvalue weighted by atomic mass is 16.6. The molecule has 4 aliphatic carbocycles. The van der Waals surface area contributed by atoms with Crippen LogP contribution < -0.4 is 0 Å². The third kappa shape index (κ3) is 4.09. The number of carbonyl (C=O) groups excluding carboxylic acids is 4. The van der Waals surface area contributed by atoms with Crippen molar-refractivity contribution in [3.8, 4) is 0 Å². The highest BCUT2D eigenvalue weighted by Gasteiger charge is 2.70. The Bertz CT molecular complexity index is 980. The van der Waals surface area contributed by atoms with Crippen LogP contribution in [-0.4, -0.2) is 46.9 Å². The summed E-state index contributed by atoms with van der Waals surface area (Å²) >= 11 is 0. The molecule has 7 heteroatoms. The normalized spacial score (nSPS) is 39.7. The van der Waals surface area contributed by atoms with E-state index >= 15 is 0 Å². The number of Topliss-reactive ketones (excluding diaryl/α,β-unsaturated/α-hetero) is 1. The van der Waals surface area contributed by atoms with Gasteiger partial charge in [-0.05, 0) is 62.5 Å². The van der Waals surface area contributed by atoms with Crippen molar-refractivity contribution in [2.75, 3.05) is 6.61 Å². The minimum Gasteiger partial charge on any atom is -0.458 e. The second kappa shape index (κ2) is 9.30. The molecule has 0 aromatic heterocycles. The first kappa shape index (κ1) is 25.8. The molecule has 3 fully saturated rings. The van der Waals surface area contributed by atoms with Gasteiger partial charge in [0, 0.05) is 30.1 Å². The van der Waals surface area contributed by atoms with Crippen LogP contribution in [0.3, 0.4) is 0 Å². The average Bonchev–Trinajstić information content (AvgIpc) is 3.08. The predicted molar refractivity (Wildman–Crippen MR) is 128 cm³/mol. The van der Waals surface area contributed by atoms with E-state index in [4.69, 9.17) is 9.47 Å². The van der Waals surface area contributed by atoms with E-state index < -0.39 is 46.9 Å². The summed E-state index contributed by atoms with van der Waals surface area (Å²) in [6.07, 6.45) is 9.17. The highest BCUT2D eigenvalue weighted by Crippen LogP contribution is 2.67. The Labute approximate surface area is 207 Å². The van der Waals surface area contributed by atoms with Crippen LogP contribution in [-0.2, 0) is 28.7 Å². The molecule has 0 aromatic carbocycles. The minimum atomic E-state index is -1.43. The smallest absolute Gasteiger partial charge is 0.306 e. The van der Waals surface area contributed by atoms with E-state index in [1.165, 1.54) is 6.92 Å². The van der Waals surface area contributed by atoms with E-state index in [0.717, 1.165) is 24.8 Å². The molecule has 0 aromatic rings. The van der Waals surface area contributed by atoms with Crippen LogP contribution in [0.4, 0.5) is 0 Å². The molecule has 0 saturated heterocycles. The summed E-state index contributed by atoms with van der Waals surface area (Å²) in [6.45, 7) is 6.86. The van der Waals surface area contributed by atoms with Gasteiger partial charge in [-0.25, -0.2) is 0 Å². The summed E-state index contributed by atoms with van der Waals surface area (Å²) in [5, 5.41) is 11.6. The maximum absolute atomic E-state index is 13.6. The summed E-state index contributed by atoms with van der Waals surface area (Å²) in [7, 11) is 0. The van der Waals surface area contributed by atoms with E-state index in [0.29, 0.717) is 25.7 Å². The van der Waals surface area contributed by atoms with E-state index in [9.17, 15) is 24.3 Å². The van der Waals surface area contributed by atoms with Crippen molar-refractivity contribution < 1.29 is 33.8 Å². The quantitative estimate of drug-likeness (QED) is 0.544. The maximum Gasteiger partial charge on any atom is 0.306 e. The molecule has 4 aliphatic rings. The van der Waals surface area contributed by atoms with Crippen LogP contribution in [0.25, 0.3) is 0 Å². The molecule has 35 heavy (non-hydrogen) atoms. The molecule has 0 amide bonds. The second-order valence-corrected chi connectivity index (χ2v) is 11.4. The number of rotatable bonds is 7. The third-order valence-corrected chi connectivity index (χ3v) is 9.50. The molecule has 0 radical (unpaired) electrons. The number of hydrogen-bond donors (Lipinski definition) is 1. The zero-order chi connectivity index (χ0) is 25.6. The number of carbonyl (C=O) groups is 4. The molecule has 1 N–H and O–H groups in total. The van der Waals surface area contributed by atoms with Crippen LogP contribution in [0.15, 0.2) is 23.8 Å². The molecule has 0 bridgehead atoms. The summed E-state index contributed by atoms with van der Waals surface area (Å²) in [6, 6.07) is 0. The van der Waals surface area contributed by atoms with Gasteiger partial charge in [-0.2, -0.15) is 0 Å². The molecular formula is C28H38O7. The molecular weight excluding hydrogens is 448 g/mol. The average molecular weight is 487 g/mol. The third-order valence-electron chi connectivity index (χ3n) is 9.50. The second-order valence-electron chi connectivity index (χ2n) is 11.4. The van der Waals surface area contributed by atoms with Crippen LogP contribution in [0, 0.1) is 28.6 Å². The molecule has 3 saturated carbocycles. The number of fused-ring (bicyclic) bond motifs is 5. The van der Waals surface area contributed by atoms with Gasteiger partial charge >= 0.3 is 11.9 Å². The monoisotopic (exact) mass is 486 g/mol. The topological polar surface area (TPSA) is 107 Å². The highest BCUT2D eigenvalue weighted by molar-refractivity contribution is 6.01. The van der Waals surface area contributed by atoms with Gasteiger partial charge < -0.3 is 14.6 Å². The van der Waals surface area contributed by atoms with Crippen molar-refractivity contribution in [3.05, 3.63) is 23.8 Å². The Kier molecular flexibility index (Phi) is 6.86. The summed E-state index contributed by atoms with van der Waals surface area (Å²) in [4.78, 5) is 50.0. The first-order valence-corrected chi connectivity index (χ1v) is 13.0. The number of aliphatic hydroxyl groups excluding tert-OH is 1. The minimum absolute atomic E-state index is 0.0130. The molecule has 0 spiro atoms. The first-order chi connectivity index (χ1) is 16.5. The van der Waals surface area contributed by atoms with Crippen molar-refractivity contribution >= 4 is 23.5 Å². The van der Waals surface area contributed by atoms with Gasteiger partial charge in [0.25, 0.3) is 0 Å². The largest absolute Gasteiger partial charge is 0.458 e. The standard InChI is InChI=1S/C28H38O7/c1-5-6-7-24(33)35-28(23(32)16-34-17(2)29)13-11-21-20-9-8-18-14-19(30)10-12-26(18,3)25(20)22(31)15-27(21,28)4/h10,12,14,20-22,25,31H,5-9,11,13,15-16H2,1-4H3/t20-,21+,22-,25+,26-,27-,28-/m0/s1. The summed E-state index contributed by atoms with van der Waals surface area (Å²) in [5.74, 6) is -1.31. The van der Waals surface area contributed by atoms with Crippen molar-refractivity contribution in [1.82, 2.24) is 0 Å². The lowest BCUT2D eigenvalue weighted by atomic mass is 9.46. The summed E-state index contributed by atoms with van der Waals surface area (Å²) in [5.41, 5.74) is -1.56. The fraction of sp³-hybridized carbons (Fsp3) is 0.714. The van der Waals surface area contributed by atoms with Crippen LogP contribution >= 0.6 is 0 Å². The number of esters is 2. The zero-order valence-electron chi connectivity index (χ0n) is 21.3. The zero-order valence-corrected chi connectivity index (χ0v) is 21.3. The van der Waals surface area contributed by atoms with Gasteiger partial charge in [-0.3, -0.25) is 19.2 Å². The number of ketones is 2. The lowest BCUT2D eigenvalue weighted by Gasteiger charge is -2.59. The Hall–Kier alpha value is -2.28. The first-order valence-electron chi connectivity index (χ1n) is 13.0. The molecule has 0 heterocycles. The van der Waals surface area contributed by atoms with Gasteiger partial charge in [-0.15, -0.1) is 0 Å². The lowest BCUT2D eigenvalue weighted by Crippen LogP contribution is -2.63. The SMILES string of the molecule is CCCCC(=O)O[C@]1(C(=O)COC(C)=O)CC[C@@H]2[C@@H]3CCC4=CC(=O)C=C[C@]4(C)[C@H]3[C@@H](O)C[C@@]21C. The molecule has 7 nitrogen and oxygen atoms in total. The number of unbranched alkanes of at least 4 members (excludes halogenated alkanes) is 1.